The Morgan fingerprint density at radius 3 is 2.29 bits per heavy atom. The average molecular weight is 215 g/mol. The first-order chi connectivity index (χ1) is 6.20. The molecule has 3 heteroatoms. The van der Waals surface area contributed by atoms with Crippen LogP contribution in [0.2, 0.25) is 0 Å². The minimum atomic E-state index is 0. The van der Waals surface area contributed by atoms with Crippen molar-refractivity contribution in [3.63, 3.8) is 0 Å². The second kappa shape index (κ2) is 6.80. The van der Waals surface area contributed by atoms with Crippen LogP contribution in [0.1, 0.15) is 38.3 Å². The molecule has 0 aliphatic rings. The second-order valence-electron chi connectivity index (χ2n) is 3.86. The van der Waals surface area contributed by atoms with Crippen LogP contribution in [0, 0.1) is 5.92 Å². The fourth-order valence-corrected chi connectivity index (χ4v) is 1.29. The molecule has 2 nitrogen and oxygen atoms in total. The summed E-state index contributed by atoms with van der Waals surface area (Å²) in [5.41, 5.74) is 7.21. The molecule has 0 saturated carbocycles. The number of halogens is 1. The number of hydrogen-bond donors (Lipinski definition) is 1. The molecule has 0 bridgehead atoms. The van der Waals surface area contributed by atoms with E-state index in [1.807, 2.05) is 12.1 Å². The van der Waals surface area contributed by atoms with Crippen LogP contribution in [0.15, 0.2) is 24.5 Å². The van der Waals surface area contributed by atoms with Crippen LogP contribution in [0.4, 0.5) is 0 Å². The lowest BCUT2D eigenvalue weighted by Crippen LogP contribution is -2.11. The van der Waals surface area contributed by atoms with Gasteiger partial charge in [0, 0.05) is 18.4 Å². The normalized spacial score (nSPS) is 12.3. The van der Waals surface area contributed by atoms with Crippen LogP contribution < -0.4 is 5.73 Å². The number of nitrogens with two attached hydrogens (primary N) is 1. The van der Waals surface area contributed by atoms with Crippen molar-refractivity contribution >= 4 is 12.4 Å². The molecule has 0 spiro atoms. The second-order valence-corrected chi connectivity index (χ2v) is 3.86. The minimum absolute atomic E-state index is 0. The topological polar surface area (TPSA) is 38.9 Å². The first kappa shape index (κ1) is 13.4. The van der Waals surface area contributed by atoms with Crippen molar-refractivity contribution in [3.8, 4) is 0 Å². The van der Waals surface area contributed by atoms with Gasteiger partial charge in [-0.1, -0.05) is 13.8 Å². The van der Waals surface area contributed by atoms with Gasteiger partial charge in [0.05, 0.1) is 0 Å². The average Bonchev–Trinajstić information content (AvgIpc) is 2.15. The van der Waals surface area contributed by atoms with Crippen LogP contribution in [0.3, 0.4) is 0 Å². The molecular weight excluding hydrogens is 196 g/mol. The molecular formula is C11H19ClN2. The highest BCUT2D eigenvalue weighted by Gasteiger charge is 2.05. The number of rotatable bonds is 4. The standard InChI is InChI=1S/C11H18N2.ClH/c1-9(2)3-4-11(12)10-5-7-13-8-6-10;/h5-9,11H,3-4,12H2,1-2H3;1H/t11-;/m1./s1. The molecule has 14 heavy (non-hydrogen) atoms. The molecule has 0 fully saturated rings. The predicted octanol–water partition coefficient (Wildman–Crippen LogP) is 2.94. The van der Waals surface area contributed by atoms with Gasteiger partial charge in [0.15, 0.2) is 0 Å². The van der Waals surface area contributed by atoms with E-state index in [9.17, 15) is 0 Å². The van der Waals surface area contributed by atoms with E-state index in [1.165, 1.54) is 12.0 Å². The molecule has 0 aliphatic carbocycles. The first-order valence-electron chi connectivity index (χ1n) is 4.85. The molecule has 2 N–H and O–H groups in total. The van der Waals surface area contributed by atoms with Gasteiger partial charge in [-0.2, -0.15) is 0 Å². The molecule has 0 aromatic carbocycles. The monoisotopic (exact) mass is 214 g/mol. The Hall–Kier alpha value is -0.600. The Kier molecular flexibility index (Phi) is 6.50. The van der Waals surface area contributed by atoms with Gasteiger partial charge < -0.3 is 5.73 Å². The summed E-state index contributed by atoms with van der Waals surface area (Å²) in [7, 11) is 0. The maximum absolute atomic E-state index is 6.02. The minimum Gasteiger partial charge on any atom is -0.324 e. The number of pyridine rings is 1. The zero-order valence-electron chi connectivity index (χ0n) is 8.81. The maximum atomic E-state index is 6.02. The summed E-state index contributed by atoms with van der Waals surface area (Å²) in [4.78, 5) is 3.97. The van der Waals surface area contributed by atoms with Gasteiger partial charge in [0.1, 0.15) is 0 Å². The largest absolute Gasteiger partial charge is 0.324 e. The molecule has 0 saturated heterocycles. The summed E-state index contributed by atoms with van der Waals surface area (Å²) < 4.78 is 0. The van der Waals surface area contributed by atoms with Gasteiger partial charge in [0.2, 0.25) is 0 Å². The van der Waals surface area contributed by atoms with E-state index in [4.69, 9.17) is 5.73 Å². The molecule has 0 unspecified atom stereocenters. The zero-order valence-corrected chi connectivity index (χ0v) is 9.63. The zero-order chi connectivity index (χ0) is 9.68. The van der Waals surface area contributed by atoms with E-state index in [0.717, 1.165) is 12.3 Å². The lowest BCUT2D eigenvalue weighted by Gasteiger charge is -2.12. The quantitative estimate of drug-likeness (QED) is 0.837. The lowest BCUT2D eigenvalue weighted by molar-refractivity contribution is 0.507. The summed E-state index contributed by atoms with van der Waals surface area (Å²) in [6.07, 6.45) is 5.83. The van der Waals surface area contributed by atoms with Crippen LogP contribution >= 0.6 is 12.4 Å². The number of nitrogens with zero attached hydrogens (tertiary/aromatic N) is 1. The van der Waals surface area contributed by atoms with E-state index < -0.39 is 0 Å². The Morgan fingerprint density at radius 2 is 1.79 bits per heavy atom. The number of hydrogen-bond acceptors (Lipinski definition) is 2. The highest BCUT2D eigenvalue weighted by Crippen LogP contribution is 2.17. The van der Waals surface area contributed by atoms with Crippen molar-refractivity contribution in [2.24, 2.45) is 11.7 Å². The third kappa shape index (κ3) is 4.58. The molecule has 80 valence electrons. The van der Waals surface area contributed by atoms with Gasteiger partial charge in [-0.25, -0.2) is 0 Å². The van der Waals surface area contributed by atoms with Crippen LogP contribution in [-0.2, 0) is 0 Å². The van der Waals surface area contributed by atoms with E-state index in [1.54, 1.807) is 12.4 Å². The Balaban J connectivity index is 0.00000169. The van der Waals surface area contributed by atoms with E-state index >= 15 is 0 Å². The van der Waals surface area contributed by atoms with Crippen molar-refractivity contribution in [1.82, 2.24) is 4.98 Å². The molecule has 0 radical (unpaired) electrons. The molecule has 1 aromatic heterocycles. The highest BCUT2D eigenvalue weighted by atomic mass is 35.5. The van der Waals surface area contributed by atoms with Crippen molar-refractivity contribution in [2.45, 2.75) is 32.7 Å². The molecule has 0 amide bonds. The Morgan fingerprint density at radius 1 is 1.21 bits per heavy atom. The SMILES string of the molecule is CC(C)CC[C@@H](N)c1ccncc1.Cl. The third-order valence-electron chi connectivity index (χ3n) is 2.19. The van der Waals surface area contributed by atoms with Gasteiger partial charge in [-0.05, 0) is 36.5 Å². The molecule has 1 aromatic rings. The Bertz CT molecular complexity index is 236. The fourth-order valence-electron chi connectivity index (χ4n) is 1.29. The summed E-state index contributed by atoms with van der Waals surface area (Å²) in [6, 6.07) is 4.15. The van der Waals surface area contributed by atoms with Crippen molar-refractivity contribution in [1.29, 1.82) is 0 Å². The molecule has 1 rings (SSSR count). The summed E-state index contributed by atoms with van der Waals surface area (Å²) in [5.74, 6) is 0.730. The Labute approximate surface area is 92.3 Å². The van der Waals surface area contributed by atoms with Gasteiger partial charge in [-0.3, -0.25) is 4.98 Å². The van der Waals surface area contributed by atoms with Crippen LogP contribution in [0.25, 0.3) is 0 Å². The molecule has 1 atom stereocenters. The van der Waals surface area contributed by atoms with Gasteiger partial charge >= 0.3 is 0 Å². The highest BCUT2D eigenvalue weighted by molar-refractivity contribution is 5.85. The van der Waals surface area contributed by atoms with Gasteiger partial charge in [-0.15, -0.1) is 12.4 Å². The lowest BCUT2D eigenvalue weighted by atomic mass is 9.99. The van der Waals surface area contributed by atoms with Crippen LogP contribution in [0.5, 0.6) is 0 Å². The van der Waals surface area contributed by atoms with Crippen molar-refractivity contribution < 1.29 is 0 Å². The van der Waals surface area contributed by atoms with Crippen LogP contribution in [-0.4, -0.2) is 4.98 Å². The van der Waals surface area contributed by atoms with E-state index in [0.29, 0.717) is 0 Å². The maximum Gasteiger partial charge on any atom is 0.0296 e. The molecule has 0 aliphatic heterocycles. The summed E-state index contributed by atoms with van der Waals surface area (Å²) in [6.45, 7) is 4.44. The summed E-state index contributed by atoms with van der Waals surface area (Å²) >= 11 is 0. The first-order valence-corrected chi connectivity index (χ1v) is 4.85. The van der Waals surface area contributed by atoms with Crippen molar-refractivity contribution in [2.75, 3.05) is 0 Å². The van der Waals surface area contributed by atoms with E-state index in [2.05, 4.69) is 18.8 Å². The predicted molar refractivity (Wildman–Crippen MR) is 62.5 cm³/mol. The van der Waals surface area contributed by atoms with E-state index in [-0.39, 0.29) is 18.4 Å². The fraction of sp³-hybridized carbons (Fsp3) is 0.545. The smallest absolute Gasteiger partial charge is 0.0296 e. The van der Waals surface area contributed by atoms with Gasteiger partial charge in [0.25, 0.3) is 0 Å². The van der Waals surface area contributed by atoms with Crippen molar-refractivity contribution in [3.05, 3.63) is 30.1 Å². The third-order valence-corrected chi connectivity index (χ3v) is 2.19. The molecule has 1 heterocycles. The summed E-state index contributed by atoms with van der Waals surface area (Å²) in [5, 5.41) is 0. The number of aromatic nitrogens is 1.